The summed E-state index contributed by atoms with van der Waals surface area (Å²) in [4.78, 5) is 23.2. The van der Waals surface area contributed by atoms with E-state index in [1.807, 2.05) is 18.2 Å². The van der Waals surface area contributed by atoms with E-state index in [9.17, 15) is 26.7 Å². The van der Waals surface area contributed by atoms with Crippen molar-refractivity contribution >= 4 is 22.6 Å². The first-order valence-electron chi connectivity index (χ1n) is 11.4. The van der Waals surface area contributed by atoms with Crippen LogP contribution in [0.5, 0.6) is 11.5 Å². The van der Waals surface area contributed by atoms with E-state index in [0.717, 1.165) is 49.1 Å². The van der Waals surface area contributed by atoms with Crippen LogP contribution < -0.4 is 20.4 Å². The highest BCUT2D eigenvalue weighted by molar-refractivity contribution is 5.90. The number of anilines is 1. The summed E-state index contributed by atoms with van der Waals surface area (Å²) in [6.07, 6.45) is -3.25. The minimum atomic E-state index is -5.08. The molecule has 2 N–H and O–H groups in total. The standard InChI is InChI=1S/C23H24F2N2O4.C2HF3O2/c1-29-18-6-7-21-19(12-18)20(13-22(28)31-21)26-16-8-10-27(11-9-16)14-15-2-4-17(5-3-15)30-23(24)25;3-2(4,5)1(6)7/h2-7,12-13,16,23,26H,8-11,14H2,1H3;(H,6,7). The van der Waals surface area contributed by atoms with Gasteiger partial charge >= 0.3 is 24.4 Å². The largest absolute Gasteiger partial charge is 0.497 e. The Labute approximate surface area is 213 Å². The number of hydrogen-bond acceptors (Lipinski definition) is 7. The predicted molar refractivity (Wildman–Crippen MR) is 128 cm³/mol. The van der Waals surface area contributed by atoms with Gasteiger partial charge in [0.25, 0.3) is 0 Å². The SMILES string of the molecule is COc1ccc2oc(=O)cc(NC3CCN(Cc4ccc(OC(F)F)cc4)CC3)c2c1.O=C(O)C(F)(F)F. The highest BCUT2D eigenvalue weighted by atomic mass is 19.4. The number of rotatable bonds is 7. The van der Waals surface area contributed by atoms with Crippen LogP contribution in [0, 0.1) is 0 Å². The molecule has 0 saturated carbocycles. The van der Waals surface area contributed by atoms with Gasteiger partial charge in [-0.05, 0) is 48.7 Å². The number of hydrogen-bond donors (Lipinski definition) is 2. The van der Waals surface area contributed by atoms with E-state index in [1.54, 1.807) is 31.4 Å². The number of piperidine rings is 1. The number of nitrogens with zero attached hydrogens (tertiary/aromatic N) is 1. The van der Waals surface area contributed by atoms with Crippen molar-refractivity contribution in [1.29, 1.82) is 0 Å². The van der Waals surface area contributed by atoms with Crippen molar-refractivity contribution in [2.75, 3.05) is 25.5 Å². The Kier molecular flexibility index (Phi) is 9.50. The van der Waals surface area contributed by atoms with Gasteiger partial charge in [-0.15, -0.1) is 0 Å². The maximum Gasteiger partial charge on any atom is 0.490 e. The molecule has 206 valence electrons. The third kappa shape index (κ3) is 8.33. The van der Waals surface area contributed by atoms with Crippen molar-refractivity contribution in [1.82, 2.24) is 4.90 Å². The molecule has 0 spiro atoms. The number of likely N-dealkylation sites (tertiary alicyclic amines) is 1. The van der Waals surface area contributed by atoms with Crippen molar-refractivity contribution in [3.05, 3.63) is 64.5 Å². The Morgan fingerprint density at radius 2 is 1.71 bits per heavy atom. The van der Waals surface area contributed by atoms with Crippen LogP contribution >= 0.6 is 0 Å². The fourth-order valence-corrected chi connectivity index (χ4v) is 3.88. The zero-order chi connectivity index (χ0) is 27.9. The van der Waals surface area contributed by atoms with Crippen molar-refractivity contribution in [3.63, 3.8) is 0 Å². The van der Waals surface area contributed by atoms with Crippen LogP contribution in [-0.4, -0.2) is 55.0 Å². The number of carboxylic acids is 1. The molecule has 4 rings (SSSR count). The smallest absolute Gasteiger partial charge is 0.490 e. The van der Waals surface area contributed by atoms with Gasteiger partial charge in [0.1, 0.15) is 17.1 Å². The molecule has 1 aliphatic rings. The minimum Gasteiger partial charge on any atom is -0.497 e. The van der Waals surface area contributed by atoms with Crippen LogP contribution in [0.2, 0.25) is 0 Å². The zero-order valence-corrected chi connectivity index (χ0v) is 20.1. The number of nitrogens with one attached hydrogen (secondary N) is 1. The van der Waals surface area contributed by atoms with Crippen LogP contribution in [0.1, 0.15) is 18.4 Å². The summed E-state index contributed by atoms with van der Waals surface area (Å²) in [7, 11) is 1.60. The molecule has 0 amide bonds. The molecule has 2 heterocycles. The third-order valence-corrected chi connectivity index (χ3v) is 5.69. The van der Waals surface area contributed by atoms with Gasteiger partial charge in [0.15, 0.2) is 0 Å². The van der Waals surface area contributed by atoms with E-state index in [0.29, 0.717) is 11.3 Å². The number of ether oxygens (including phenoxy) is 2. The summed E-state index contributed by atoms with van der Waals surface area (Å²) in [5.74, 6) is -1.89. The lowest BCUT2D eigenvalue weighted by molar-refractivity contribution is -0.192. The average Bonchev–Trinajstić information content (AvgIpc) is 2.85. The second-order valence-electron chi connectivity index (χ2n) is 8.36. The van der Waals surface area contributed by atoms with E-state index in [2.05, 4.69) is 15.0 Å². The Balaban J connectivity index is 0.000000505. The lowest BCUT2D eigenvalue weighted by atomic mass is 10.0. The fraction of sp³-hybridized carbons (Fsp3) is 0.360. The van der Waals surface area contributed by atoms with Gasteiger partial charge in [-0.25, -0.2) is 9.59 Å². The number of carboxylic acid groups (broad SMARTS) is 1. The van der Waals surface area contributed by atoms with Gasteiger partial charge in [0.05, 0.1) is 12.8 Å². The van der Waals surface area contributed by atoms with Crippen molar-refractivity contribution in [3.8, 4) is 11.5 Å². The second kappa shape index (κ2) is 12.6. The number of fused-ring (bicyclic) bond motifs is 1. The molecule has 1 saturated heterocycles. The summed E-state index contributed by atoms with van der Waals surface area (Å²) in [6, 6.07) is 13.8. The topological polar surface area (TPSA) is 101 Å². The highest BCUT2D eigenvalue weighted by Crippen LogP contribution is 2.28. The Hall–Kier alpha value is -3.87. The van der Waals surface area contributed by atoms with Crippen LogP contribution in [0.25, 0.3) is 11.0 Å². The van der Waals surface area contributed by atoms with Gasteiger partial charge < -0.3 is 24.3 Å². The lowest BCUT2D eigenvalue weighted by Crippen LogP contribution is -2.38. The molecule has 1 aliphatic heterocycles. The quantitative estimate of drug-likeness (QED) is 0.313. The maximum atomic E-state index is 12.3. The van der Waals surface area contributed by atoms with E-state index in [4.69, 9.17) is 19.1 Å². The monoisotopic (exact) mass is 544 g/mol. The van der Waals surface area contributed by atoms with Crippen LogP contribution in [0.3, 0.4) is 0 Å². The van der Waals surface area contributed by atoms with Gasteiger partial charge in [0.2, 0.25) is 0 Å². The van der Waals surface area contributed by atoms with Gasteiger partial charge in [-0.3, -0.25) is 4.90 Å². The summed E-state index contributed by atoms with van der Waals surface area (Å²) < 4.78 is 71.3. The number of halogens is 5. The van der Waals surface area contributed by atoms with E-state index < -0.39 is 24.4 Å². The normalized spacial score (nSPS) is 14.6. The zero-order valence-electron chi connectivity index (χ0n) is 20.1. The first-order valence-corrected chi connectivity index (χ1v) is 11.4. The second-order valence-corrected chi connectivity index (χ2v) is 8.36. The first-order chi connectivity index (χ1) is 17.9. The van der Waals surface area contributed by atoms with Crippen molar-refractivity contribution in [2.45, 2.75) is 38.2 Å². The first kappa shape index (κ1) is 28.7. The third-order valence-electron chi connectivity index (χ3n) is 5.69. The number of carbonyl (C=O) groups is 1. The molecule has 0 atom stereocenters. The molecule has 0 radical (unpaired) electrons. The van der Waals surface area contributed by atoms with E-state index >= 15 is 0 Å². The van der Waals surface area contributed by atoms with E-state index in [-0.39, 0.29) is 11.8 Å². The molecule has 0 aliphatic carbocycles. The molecular formula is C25H25F5N2O6. The number of aliphatic carboxylic acids is 1. The molecular weight excluding hydrogens is 519 g/mol. The summed E-state index contributed by atoms with van der Waals surface area (Å²) in [5, 5.41) is 11.4. The minimum absolute atomic E-state index is 0.165. The molecule has 1 fully saturated rings. The molecule has 1 aromatic heterocycles. The van der Waals surface area contributed by atoms with Gasteiger partial charge in [-0.2, -0.15) is 22.0 Å². The van der Waals surface area contributed by atoms with Crippen LogP contribution in [0.4, 0.5) is 27.6 Å². The molecule has 3 aromatic rings. The Bertz CT molecular complexity index is 1270. The molecule has 8 nitrogen and oxygen atoms in total. The summed E-state index contributed by atoms with van der Waals surface area (Å²) in [5.41, 5.74) is 1.93. The van der Waals surface area contributed by atoms with Gasteiger partial charge in [-0.1, -0.05) is 12.1 Å². The molecule has 13 heteroatoms. The molecule has 2 aromatic carbocycles. The Morgan fingerprint density at radius 1 is 1.11 bits per heavy atom. The Morgan fingerprint density at radius 3 is 2.26 bits per heavy atom. The lowest BCUT2D eigenvalue weighted by Gasteiger charge is -2.33. The van der Waals surface area contributed by atoms with E-state index in [1.165, 1.54) is 6.07 Å². The number of alkyl halides is 5. The van der Waals surface area contributed by atoms with Gasteiger partial charge in [0, 0.05) is 37.1 Å². The van der Waals surface area contributed by atoms with Crippen molar-refractivity contribution in [2.24, 2.45) is 0 Å². The predicted octanol–water partition coefficient (Wildman–Crippen LogP) is 5.11. The molecule has 38 heavy (non-hydrogen) atoms. The fourth-order valence-electron chi connectivity index (χ4n) is 3.88. The average molecular weight is 544 g/mol. The van der Waals surface area contributed by atoms with Crippen LogP contribution in [0.15, 0.2) is 57.7 Å². The van der Waals surface area contributed by atoms with Crippen LogP contribution in [-0.2, 0) is 11.3 Å². The summed E-state index contributed by atoms with van der Waals surface area (Å²) >= 11 is 0. The number of benzene rings is 2. The van der Waals surface area contributed by atoms with Crippen molar-refractivity contribution < 1.29 is 45.7 Å². The number of methoxy groups -OCH3 is 1. The maximum absolute atomic E-state index is 12.3. The highest BCUT2D eigenvalue weighted by Gasteiger charge is 2.38. The molecule has 0 bridgehead atoms. The summed E-state index contributed by atoms with van der Waals surface area (Å²) in [6.45, 7) is -0.297. The molecule has 0 unspecified atom stereocenters.